The summed E-state index contributed by atoms with van der Waals surface area (Å²) in [6.45, 7) is 1.42. The lowest BCUT2D eigenvalue weighted by Crippen LogP contribution is -2.46. The van der Waals surface area contributed by atoms with Crippen LogP contribution in [0.15, 0.2) is 0 Å². The lowest BCUT2D eigenvalue weighted by molar-refractivity contribution is -0.199. The number of hydrogen-bond donors (Lipinski definition) is 3. The van der Waals surface area contributed by atoms with Crippen molar-refractivity contribution in [2.45, 2.75) is 31.7 Å². The molecule has 2 atom stereocenters. The van der Waals surface area contributed by atoms with Gasteiger partial charge in [0.2, 0.25) is 11.8 Å². The Morgan fingerprint density at radius 3 is 2.35 bits per heavy atom. The van der Waals surface area contributed by atoms with Crippen LogP contribution in [0, 0.1) is 0 Å². The molecule has 0 saturated carbocycles. The van der Waals surface area contributed by atoms with E-state index in [2.05, 4.69) is 16.0 Å². The summed E-state index contributed by atoms with van der Waals surface area (Å²) in [5, 5.41) is 8.30. The van der Waals surface area contributed by atoms with E-state index < -0.39 is 40.5 Å². The molecule has 1 heterocycles. The molecule has 0 aromatic carbocycles. The molecule has 0 radical (unpaired) electrons. The topological polar surface area (TPSA) is 154 Å². The van der Waals surface area contributed by atoms with E-state index in [0.29, 0.717) is 24.7 Å². The molecule has 0 aromatic rings. The maximum absolute atomic E-state index is 12.5. The molecule has 31 heavy (non-hydrogen) atoms. The van der Waals surface area contributed by atoms with Crippen LogP contribution in [-0.4, -0.2) is 102 Å². The van der Waals surface area contributed by atoms with Gasteiger partial charge in [0.1, 0.15) is 11.8 Å². The Kier molecular flexibility index (Phi) is 11.9. The highest BCUT2D eigenvalue weighted by Crippen LogP contribution is 2.13. The summed E-state index contributed by atoms with van der Waals surface area (Å²) in [4.78, 5) is 66.4. The number of hydroxylamine groups is 2. The highest BCUT2D eigenvalue weighted by atomic mass is 32.2. The first kappa shape index (κ1) is 26.7. The molecule has 176 valence electrons. The highest BCUT2D eigenvalue weighted by molar-refractivity contribution is 7.85. The second kappa shape index (κ2) is 13.8. The van der Waals surface area contributed by atoms with Gasteiger partial charge < -0.3 is 25.7 Å². The Hall–Kier alpha value is -2.38. The van der Waals surface area contributed by atoms with Crippen LogP contribution in [0.3, 0.4) is 0 Å². The largest absolute Gasteiger partial charge is 0.355 e. The lowest BCUT2D eigenvalue weighted by atomic mass is 10.2. The molecule has 0 bridgehead atoms. The summed E-state index contributed by atoms with van der Waals surface area (Å²) in [5.41, 5.74) is 0. The third kappa shape index (κ3) is 10.5. The lowest BCUT2D eigenvalue weighted by Gasteiger charge is -2.20. The number of likely N-dealkylation sites (N-methyl/N-ethyl adjacent to an activating group) is 1. The van der Waals surface area contributed by atoms with Gasteiger partial charge in [0.25, 0.3) is 11.8 Å². The first-order valence-electron chi connectivity index (χ1n) is 9.92. The number of hydrogen-bond acceptors (Lipinski definition) is 9. The molecule has 3 N–H and O–H groups in total. The molecule has 1 saturated heterocycles. The van der Waals surface area contributed by atoms with E-state index in [1.54, 1.807) is 7.05 Å². The van der Waals surface area contributed by atoms with Crippen LogP contribution in [0.4, 0.5) is 0 Å². The molecule has 1 unspecified atom stereocenters. The van der Waals surface area contributed by atoms with Crippen LogP contribution in [0.25, 0.3) is 0 Å². The van der Waals surface area contributed by atoms with Crippen molar-refractivity contribution < 1.29 is 33.0 Å². The van der Waals surface area contributed by atoms with Crippen LogP contribution in [0.1, 0.15) is 25.7 Å². The van der Waals surface area contributed by atoms with Crippen molar-refractivity contribution in [2.24, 2.45) is 0 Å². The number of nitrogens with zero attached hydrogens (tertiary/aromatic N) is 2. The fraction of sp³-hybridized carbons (Fsp3) is 0.722. The standard InChI is InChI=1S/C18H31N5O7S/c1-19-8-6-14(24)21-13(18(28)30-23-16(26)4-5-17(23)27)7-11-31(29)12-15(25)20-9-10-22(2)3/h13,19H,4-12H2,1-3H3,(H,20,25)(H,21,24)/t13-,31?/m0/s1. The van der Waals surface area contributed by atoms with Crippen molar-refractivity contribution in [1.82, 2.24) is 25.9 Å². The van der Waals surface area contributed by atoms with Gasteiger partial charge in [-0.3, -0.25) is 23.4 Å². The van der Waals surface area contributed by atoms with Crippen LogP contribution in [0.5, 0.6) is 0 Å². The van der Waals surface area contributed by atoms with Gasteiger partial charge in [-0.15, -0.1) is 5.06 Å². The van der Waals surface area contributed by atoms with Gasteiger partial charge in [-0.05, 0) is 27.6 Å². The number of rotatable bonds is 14. The molecule has 4 amide bonds. The van der Waals surface area contributed by atoms with E-state index in [9.17, 15) is 28.2 Å². The molecule has 0 aliphatic carbocycles. The Balaban J connectivity index is 2.62. The number of carbonyl (C=O) groups excluding carboxylic acids is 5. The van der Waals surface area contributed by atoms with Crippen molar-refractivity contribution in [3.05, 3.63) is 0 Å². The Morgan fingerprint density at radius 1 is 1.13 bits per heavy atom. The maximum Gasteiger partial charge on any atom is 0.355 e. The predicted molar refractivity (Wildman–Crippen MR) is 112 cm³/mol. The normalized spacial score (nSPS) is 15.7. The smallest absolute Gasteiger partial charge is 0.354 e. The SMILES string of the molecule is CNCCC(=O)N[C@@H](CCS(=O)CC(=O)NCCN(C)C)C(=O)ON1C(=O)CCC1=O. The third-order valence-corrected chi connectivity index (χ3v) is 5.49. The van der Waals surface area contributed by atoms with Gasteiger partial charge in [-0.2, -0.15) is 0 Å². The van der Waals surface area contributed by atoms with Crippen LogP contribution in [0.2, 0.25) is 0 Å². The van der Waals surface area contributed by atoms with Gasteiger partial charge in [-0.25, -0.2) is 4.79 Å². The molecule has 1 rings (SSSR count). The molecule has 12 nitrogen and oxygen atoms in total. The van der Waals surface area contributed by atoms with Crippen molar-refractivity contribution in [1.29, 1.82) is 0 Å². The minimum Gasteiger partial charge on any atom is -0.354 e. The van der Waals surface area contributed by atoms with E-state index in [1.165, 1.54) is 0 Å². The number of carbonyl (C=O) groups is 5. The van der Waals surface area contributed by atoms with Gasteiger partial charge in [0.15, 0.2) is 0 Å². The molecule has 0 aromatic heterocycles. The molecule has 1 aliphatic heterocycles. The molecule has 0 spiro atoms. The molecular weight excluding hydrogens is 430 g/mol. The quantitative estimate of drug-likeness (QED) is 0.238. The summed E-state index contributed by atoms with van der Waals surface area (Å²) in [6, 6.07) is -1.22. The van der Waals surface area contributed by atoms with E-state index in [-0.39, 0.29) is 43.1 Å². The summed E-state index contributed by atoms with van der Waals surface area (Å²) < 4.78 is 12.2. The van der Waals surface area contributed by atoms with Crippen LogP contribution in [-0.2, 0) is 39.6 Å². The van der Waals surface area contributed by atoms with Gasteiger partial charge in [0.05, 0.1) is 0 Å². The summed E-state index contributed by atoms with van der Waals surface area (Å²) in [5.74, 6) is -3.43. The van der Waals surface area contributed by atoms with Gasteiger partial charge >= 0.3 is 5.97 Å². The highest BCUT2D eigenvalue weighted by Gasteiger charge is 2.35. The predicted octanol–water partition coefficient (Wildman–Crippen LogP) is -2.50. The summed E-state index contributed by atoms with van der Waals surface area (Å²) in [6.07, 6.45) is -0.117. The Labute approximate surface area is 183 Å². The fourth-order valence-electron chi connectivity index (χ4n) is 2.50. The minimum atomic E-state index is -1.58. The van der Waals surface area contributed by atoms with E-state index in [4.69, 9.17) is 4.84 Å². The van der Waals surface area contributed by atoms with E-state index >= 15 is 0 Å². The van der Waals surface area contributed by atoms with Gasteiger partial charge in [-0.1, -0.05) is 0 Å². The first-order chi connectivity index (χ1) is 14.6. The average molecular weight is 462 g/mol. The average Bonchev–Trinajstić information content (AvgIpc) is 3.01. The van der Waals surface area contributed by atoms with E-state index in [1.807, 2.05) is 19.0 Å². The minimum absolute atomic E-state index is 0.0573. The number of imide groups is 1. The number of amides is 4. The van der Waals surface area contributed by atoms with E-state index in [0.717, 1.165) is 0 Å². The fourth-order valence-corrected chi connectivity index (χ4v) is 3.54. The summed E-state index contributed by atoms with van der Waals surface area (Å²) in [7, 11) is 3.80. The summed E-state index contributed by atoms with van der Waals surface area (Å²) >= 11 is 0. The maximum atomic E-state index is 12.5. The molecular formula is C18H31N5O7S. The Morgan fingerprint density at radius 2 is 1.77 bits per heavy atom. The molecule has 13 heteroatoms. The number of nitrogens with one attached hydrogen (secondary N) is 3. The van der Waals surface area contributed by atoms with Crippen molar-refractivity contribution in [2.75, 3.05) is 52.3 Å². The van der Waals surface area contributed by atoms with Crippen molar-refractivity contribution in [3.8, 4) is 0 Å². The zero-order valence-corrected chi connectivity index (χ0v) is 18.9. The molecule has 1 fully saturated rings. The third-order valence-electron chi connectivity index (χ3n) is 4.22. The van der Waals surface area contributed by atoms with Gasteiger partial charge in [0, 0.05) is 55.4 Å². The zero-order valence-electron chi connectivity index (χ0n) is 18.1. The Bertz CT molecular complexity index is 685. The zero-order chi connectivity index (χ0) is 23.4. The van der Waals surface area contributed by atoms with Crippen LogP contribution < -0.4 is 16.0 Å². The second-order valence-corrected chi connectivity index (χ2v) is 8.77. The molecule has 1 aliphatic rings. The second-order valence-electron chi connectivity index (χ2n) is 7.20. The van der Waals surface area contributed by atoms with Crippen molar-refractivity contribution in [3.63, 3.8) is 0 Å². The van der Waals surface area contributed by atoms with Crippen molar-refractivity contribution >= 4 is 40.4 Å². The monoisotopic (exact) mass is 461 g/mol. The first-order valence-corrected chi connectivity index (χ1v) is 11.4. The van der Waals surface area contributed by atoms with Crippen LogP contribution >= 0.6 is 0 Å².